The van der Waals surface area contributed by atoms with Crippen LogP contribution in [0.3, 0.4) is 0 Å². The lowest BCUT2D eigenvalue weighted by atomic mass is 9.98. The zero-order valence-corrected chi connectivity index (χ0v) is 9.09. The van der Waals surface area contributed by atoms with Gasteiger partial charge < -0.3 is 9.73 Å². The Balaban J connectivity index is 2.21. The molecule has 1 aromatic carbocycles. The second-order valence-electron chi connectivity index (χ2n) is 3.93. The van der Waals surface area contributed by atoms with E-state index in [1.165, 1.54) is 0 Å². The molecular formula is C14H11NO2. The second kappa shape index (κ2) is 3.94. The summed E-state index contributed by atoms with van der Waals surface area (Å²) in [5.74, 6) is -0.0166. The lowest BCUT2D eigenvalue weighted by molar-refractivity contribution is 0.592. The highest BCUT2D eigenvalue weighted by molar-refractivity contribution is 5.76. The van der Waals surface area contributed by atoms with Crippen LogP contribution < -0.4 is 10.7 Å². The Morgan fingerprint density at radius 1 is 1.12 bits per heavy atom. The average Bonchev–Trinajstić information content (AvgIpc) is 2.40. The van der Waals surface area contributed by atoms with Gasteiger partial charge in [-0.25, -0.2) is 0 Å². The van der Waals surface area contributed by atoms with E-state index < -0.39 is 0 Å². The molecule has 0 amide bonds. The zero-order chi connectivity index (χ0) is 11.7. The van der Waals surface area contributed by atoms with Gasteiger partial charge in [-0.2, -0.15) is 0 Å². The molecule has 2 heterocycles. The predicted octanol–water partition coefficient (Wildman–Crippen LogP) is 2.51. The molecule has 0 aliphatic carbocycles. The van der Waals surface area contributed by atoms with Gasteiger partial charge in [0.05, 0.1) is 11.6 Å². The Hall–Kier alpha value is -2.29. The highest BCUT2D eigenvalue weighted by Crippen LogP contribution is 2.20. The maximum atomic E-state index is 12.3. The number of para-hydroxylation sites is 1. The first-order chi connectivity index (χ1) is 8.36. The molecule has 0 atom stereocenters. The minimum absolute atomic E-state index is 0.0166. The standard InChI is InChI=1S/C14H11NO2/c16-14-11-3-1-2-4-13(11)17-9-12(14)10-5-7-15-8-6-10/h1-10,15H. The summed E-state index contributed by atoms with van der Waals surface area (Å²) in [6, 6.07) is 7.29. The molecular weight excluding hydrogens is 214 g/mol. The molecule has 0 spiro atoms. The van der Waals surface area contributed by atoms with Crippen LogP contribution in [0.2, 0.25) is 0 Å². The van der Waals surface area contributed by atoms with E-state index in [1.807, 2.05) is 36.7 Å². The van der Waals surface area contributed by atoms with Crippen LogP contribution in [-0.4, -0.2) is 0 Å². The van der Waals surface area contributed by atoms with Crippen LogP contribution in [0.15, 0.2) is 64.3 Å². The minimum Gasteiger partial charge on any atom is -0.464 e. The molecule has 0 bridgehead atoms. The maximum absolute atomic E-state index is 12.3. The van der Waals surface area contributed by atoms with E-state index in [0.29, 0.717) is 16.5 Å². The lowest BCUT2D eigenvalue weighted by Crippen LogP contribution is -2.13. The summed E-state index contributed by atoms with van der Waals surface area (Å²) >= 11 is 0. The maximum Gasteiger partial charge on any atom is 0.196 e. The zero-order valence-electron chi connectivity index (χ0n) is 9.09. The van der Waals surface area contributed by atoms with E-state index in [4.69, 9.17) is 4.42 Å². The number of benzene rings is 1. The Kier molecular flexibility index (Phi) is 2.29. The van der Waals surface area contributed by atoms with Gasteiger partial charge >= 0.3 is 0 Å². The van der Waals surface area contributed by atoms with Crippen LogP contribution in [0.1, 0.15) is 11.5 Å². The predicted molar refractivity (Wildman–Crippen MR) is 66.6 cm³/mol. The Morgan fingerprint density at radius 3 is 2.71 bits per heavy atom. The van der Waals surface area contributed by atoms with Crippen LogP contribution in [-0.2, 0) is 0 Å². The molecule has 3 heteroatoms. The first kappa shape index (κ1) is 9.90. The van der Waals surface area contributed by atoms with Crippen molar-refractivity contribution < 1.29 is 4.42 Å². The van der Waals surface area contributed by atoms with Crippen molar-refractivity contribution in [2.75, 3.05) is 0 Å². The van der Waals surface area contributed by atoms with Crippen molar-refractivity contribution in [2.24, 2.45) is 0 Å². The van der Waals surface area contributed by atoms with E-state index in [9.17, 15) is 4.79 Å². The molecule has 1 aliphatic rings. The van der Waals surface area contributed by atoms with Gasteiger partial charge in [0.15, 0.2) is 5.43 Å². The van der Waals surface area contributed by atoms with E-state index in [-0.39, 0.29) is 11.3 Å². The van der Waals surface area contributed by atoms with Crippen LogP contribution in [0, 0.1) is 0 Å². The lowest BCUT2D eigenvalue weighted by Gasteiger charge is -2.11. The number of hydrogen-bond donors (Lipinski definition) is 1. The van der Waals surface area contributed by atoms with Gasteiger partial charge in [0.25, 0.3) is 0 Å². The van der Waals surface area contributed by atoms with E-state index in [0.717, 1.165) is 0 Å². The number of allylic oxidation sites excluding steroid dienone is 2. The Labute approximate surface area is 98.1 Å². The fraction of sp³-hybridized carbons (Fsp3) is 0.0714. The second-order valence-corrected chi connectivity index (χ2v) is 3.93. The van der Waals surface area contributed by atoms with Gasteiger partial charge in [-0.3, -0.25) is 4.79 Å². The summed E-state index contributed by atoms with van der Waals surface area (Å²) in [6.45, 7) is 0. The number of rotatable bonds is 1. The summed E-state index contributed by atoms with van der Waals surface area (Å²) in [5, 5.41) is 3.58. The van der Waals surface area contributed by atoms with Crippen molar-refractivity contribution >= 4 is 11.0 Å². The number of hydrogen-bond acceptors (Lipinski definition) is 3. The van der Waals surface area contributed by atoms with Crippen molar-refractivity contribution in [3.63, 3.8) is 0 Å². The van der Waals surface area contributed by atoms with Crippen LogP contribution >= 0.6 is 0 Å². The molecule has 3 nitrogen and oxygen atoms in total. The van der Waals surface area contributed by atoms with Gasteiger partial charge in [-0.1, -0.05) is 24.3 Å². The monoisotopic (exact) mass is 225 g/mol. The topological polar surface area (TPSA) is 42.2 Å². The first-order valence-corrected chi connectivity index (χ1v) is 5.46. The third kappa shape index (κ3) is 1.65. The summed E-state index contributed by atoms with van der Waals surface area (Å²) in [5.41, 5.74) is 1.33. The molecule has 84 valence electrons. The largest absolute Gasteiger partial charge is 0.464 e. The molecule has 1 aliphatic heterocycles. The Morgan fingerprint density at radius 2 is 1.88 bits per heavy atom. The number of nitrogens with one attached hydrogen (secondary N) is 1. The first-order valence-electron chi connectivity index (χ1n) is 5.46. The summed E-state index contributed by atoms with van der Waals surface area (Å²) in [4.78, 5) is 12.3. The summed E-state index contributed by atoms with van der Waals surface area (Å²) in [7, 11) is 0. The van der Waals surface area contributed by atoms with Crippen molar-refractivity contribution in [1.82, 2.24) is 5.32 Å². The molecule has 3 rings (SSSR count). The van der Waals surface area contributed by atoms with Crippen molar-refractivity contribution in [3.8, 4) is 0 Å². The van der Waals surface area contributed by atoms with Crippen molar-refractivity contribution in [2.45, 2.75) is 5.92 Å². The molecule has 0 radical (unpaired) electrons. The average molecular weight is 225 g/mol. The van der Waals surface area contributed by atoms with Crippen LogP contribution in [0.25, 0.3) is 11.0 Å². The highest BCUT2D eigenvalue weighted by Gasteiger charge is 2.13. The molecule has 0 saturated heterocycles. The third-order valence-corrected chi connectivity index (χ3v) is 2.87. The van der Waals surface area contributed by atoms with Gasteiger partial charge in [0, 0.05) is 11.5 Å². The highest BCUT2D eigenvalue weighted by atomic mass is 16.3. The van der Waals surface area contributed by atoms with Gasteiger partial charge in [0.2, 0.25) is 0 Å². The quantitative estimate of drug-likeness (QED) is 0.810. The van der Waals surface area contributed by atoms with Crippen LogP contribution in [0.4, 0.5) is 0 Å². The smallest absolute Gasteiger partial charge is 0.196 e. The normalized spacial score (nSPS) is 15.1. The minimum atomic E-state index is -0.0166. The summed E-state index contributed by atoms with van der Waals surface area (Å²) in [6.07, 6.45) is 9.05. The van der Waals surface area contributed by atoms with Gasteiger partial charge in [-0.05, 0) is 24.5 Å². The molecule has 0 fully saturated rings. The molecule has 1 N–H and O–H groups in total. The molecule has 0 saturated carbocycles. The van der Waals surface area contributed by atoms with Crippen LogP contribution in [0.5, 0.6) is 0 Å². The fourth-order valence-electron chi connectivity index (χ4n) is 1.97. The molecule has 0 unspecified atom stereocenters. The van der Waals surface area contributed by atoms with E-state index in [2.05, 4.69) is 5.32 Å². The Bertz CT molecular complexity index is 655. The molecule has 1 aromatic heterocycles. The number of dihydropyridines is 1. The molecule has 2 aromatic rings. The number of fused-ring (bicyclic) bond motifs is 1. The van der Waals surface area contributed by atoms with Gasteiger partial charge in [-0.15, -0.1) is 0 Å². The van der Waals surface area contributed by atoms with Crippen molar-refractivity contribution in [3.05, 3.63) is 70.9 Å². The third-order valence-electron chi connectivity index (χ3n) is 2.87. The van der Waals surface area contributed by atoms with E-state index >= 15 is 0 Å². The summed E-state index contributed by atoms with van der Waals surface area (Å²) < 4.78 is 5.49. The fourth-order valence-corrected chi connectivity index (χ4v) is 1.97. The van der Waals surface area contributed by atoms with Gasteiger partial charge in [0.1, 0.15) is 5.58 Å². The van der Waals surface area contributed by atoms with Crippen molar-refractivity contribution in [1.29, 1.82) is 0 Å². The molecule has 17 heavy (non-hydrogen) atoms. The SMILES string of the molecule is O=c1c(C2C=CNC=C2)coc2ccccc12. The van der Waals surface area contributed by atoms with E-state index in [1.54, 1.807) is 18.4 Å².